The molecule has 30 heavy (non-hydrogen) atoms. The van der Waals surface area contributed by atoms with Crippen LogP contribution in [0.2, 0.25) is 0 Å². The monoisotopic (exact) mass is 522 g/mol. The van der Waals surface area contributed by atoms with E-state index in [1.165, 1.54) is 34.9 Å². The zero-order chi connectivity index (χ0) is 20.7. The summed E-state index contributed by atoms with van der Waals surface area (Å²) in [7, 11) is -0.521. The molecule has 3 heteroatoms. The van der Waals surface area contributed by atoms with Crippen molar-refractivity contribution in [2.45, 2.75) is 34.1 Å². The van der Waals surface area contributed by atoms with E-state index < -0.39 is 10.9 Å². The molecular formula is C27H23IOS. The molecule has 0 bridgehead atoms. The second-order valence-electron chi connectivity index (χ2n) is 7.98. The van der Waals surface area contributed by atoms with Crippen LogP contribution in [0.5, 0.6) is 5.75 Å². The Morgan fingerprint density at radius 3 is 1.77 bits per heavy atom. The lowest BCUT2D eigenvalue weighted by Gasteiger charge is -2.27. The first-order valence-corrected chi connectivity index (χ1v) is 12.5. The van der Waals surface area contributed by atoms with Crippen molar-refractivity contribution in [2.75, 3.05) is 0 Å². The van der Waals surface area contributed by atoms with E-state index in [2.05, 4.69) is 134 Å². The molecule has 1 heterocycles. The lowest BCUT2D eigenvalue weighted by Crippen LogP contribution is -2.25. The average Bonchev–Trinajstić information content (AvgIpc) is 3.09. The summed E-state index contributed by atoms with van der Waals surface area (Å²) in [6.45, 7) is 4.24. The fourth-order valence-electron chi connectivity index (χ4n) is 4.07. The van der Waals surface area contributed by atoms with Gasteiger partial charge in [0.2, 0.25) is 0 Å². The lowest BCUT2D eigenvalue weighted by molar-refractivity contribution is 0.109. The van der Waals surface area contributed by atoms with Crippen molar-refractivity contribution in [1.82, 2.24) is 0 Å². The highest BCUT2D eigenvalue weighted by molar-refractivity contribution is 14.1. The van der Waals surface area contributed by atoms with Gasteiger partial charge in [0.15, 0.2) is 0 Å². The van der Waals surface area contributed by atoms with Crippen molar-refractivity contribution in [2.24, 2.45) is 0 Å². The van der Waals surface area contributed by atoms with Gasteiger partial charge in [0.05, 0.1) is 0 Å². The van der Waals surface area contributed by atoms with Crippen molar-refractivity contribution in [3.05, 3.63) is 106 Å². The van der Waals surface area contributed by atoms with Crippen LogP contribution < -0.4 is 4.74 Å². The molecule has 0 spiro atoms. The number of hydrogen-bond donors (Lipinski definition) is 1. The molecule has 4 aromatic carbocycles. The van der Waals surface area contributed by atoms with E-state index in [-0.39, 0.29) is 5.60 Å². The highest BCUT2D eigenvalue weighted by atomic mass is 127. The second kappa shape index (κ2) is 7.78. The minimum atomic E-state index is -0.521. The van der Waals surface area contributed by atoms with Crippen LogP contribution in [0.4, 0.5) is 0 Å². The number of halogens is 1. The van der Waals surface area contributed by atoms with Crippen LogP contribution in [0.25, 0.3) is 11.1 Å². The van der Waals surface area contributed by atoms with Gasteiger partial charge in [-0.15, -0.1) is 0 Å². The molecule has 0 saturated heterocycles. The van der Waals surface area contributed by atoms with Crippen molar-refractivity contribution in [3.63, 3.8) is 0 Å². The van der Waals surface area contributed by atoms with Gasteiger partial charge in [-0.1, -0.05) is 48.5 Å². The molecule has 0 unspecified atom stereocenters. The standard InChI is InChI=1S/C27H23IOS/c1-27(2,19-11-13-20(28)14-12-19)29-21-15-17-22(18-16-21)30-25-9-5-3-7-23(25)24-8-4-6-10-26(24)30/h3-18,30H,1-2H3. The third-order valence-electron chi connectivity index (χ3n) is 5.59. The normalized spacial score (nSPS) is 13.6. The molecule has 0 aromatic heterocycles. The number of ether oxygens (including phenoxy) is 1. The molecule has 1 nitrogen and oxygen atoms in total. The highest BCUT2D eigenvalue weighted by Gasteiger charge is 2.27. The van der Waals surface area contributed by atoms with Crippen molar-refractivity contribution >= 4 is 33.5 Å². The van der Waals surface area contributed by atoms with Crippen LogP contribution in [-0.2, 0) is 5.60 Å². The third kappa shape index (κ3) is 3.54. The Balaban J connectivity index is 1.45. The average molecular weight is 522 g/mol. The third-order valence-corrected chi connectivity index (χ3v) is 8.86. The molecule has 0 saturated carbocycles. The van der Waals surface area contributed by atoms with Crippen molar-refractivity contribution in [1.29, 1.82) is 0 Å². The lowest BCUT2D eigenvalue weighted by atomic mass is 9.98. The summed E-state index contributed by atoms with van der Waals surface area (Å²) in [4.78, 5) is 4.25. The highest BCUT2D eigenvalue weighted by Crippen LogP contribution is 2.62. The molecular weight excluding hydrogens is 499 g/mol. The Morgan fingerprint density at radius 1 is 0.667 bits per heavy atom. The van der Waals surface area contributed by atoms with Gasteiger partial charge >= 0.3 is 0 Å². The molecule has 0 amide bonds. The summed E-state index contributed by atoms with van der Waals surface area (Å²) in [5.41, 5.74) is 3.54. The summed E-state index contributed by atoms with van der Waals surface area (Å²) in [5, 5.41) is 0. The molecule has 4 aromatic rings. The predicted molar refractivity (Wildman–Crippen MR) is 135 cm³/mol. The molecule has 1 aliphatic rings. The molecule has 0 aliphatic carbocycles. The van der Waals surface area contributed by atoms with Crippen LogP contribution in [0, 0.1) is 3.57 Å². The van der Waals surface area contributed by atoms with Crippen LogP contribution in [0.15, 0.2) is 112 Å². The summed E-state index contributed by atoms with van der Waals surface area (Å²) in [6, 6.07) is 34.9. The van der Waals surface area contributed by atoms with Gasteiger partial charge in [-0.2, -0.15) is 10.9 Å². The Kier molecular flexibility index (Phi) is 5.11. The first-order chi connectivity index (χ1) is 14.5. The fraction of sp³-hybridized carbons (Fsp3) is 0.111. The molecule has 0 radical (unpaired) electrons. The van der Waals surface area contributed by atoms with E-state index in [0.717, 1.165) is 5.75 Å². The summed E-state index contributed by atoms with van der Waals surface area (Å²) < 4.78 is 7.62. The second-order valence-corrected chi connectivity index (χ2v) is 11.4. The van der Waals surface area contributed by atoms with Gasteiger partial charge < -0.3 is 4.74 Å². The molecule has 0 atom stereocenters. The quantitative estimate of drug-likeness (QED) is 0.186. The van der Waals surface area contributed by atoms with Crippen LogP contribution in [0.1, 0.15) is 19.4 Å². The van der Waals surface area contributed by atoms with Gasteiger partial charge in [-0.05, 0) is 107 Å². The summed E-state index contributed by atoms with van der Waals surface area (Å²) >= 11 is 2.33. The Labute approximate surface area is 194 Å². The number of thiol groups is 1. The van der Waals surface area contributed by atoms with Gasteiger partial charge in [-0.3, -0.25) is 0 Å². The Hall–Kier alpha value is -2.24. The largest absolute Gasteiger partial charge is 0.483 e. The van der Waals surface area contributed by atoms with Gasteiger partial charge in [0, 0.05) is 13.4 Å². The Morgan fingerprint density at radius 2 is 1.20 bits per heavy atom. The molecule has 0 fully saturated rings. The molecule has 0 N–H and O–H groups in total. The maximum atomic E-state index is 6.39. The minimum absolute atomic E-state index is 0.385. The zero-order valence-corrected chi connectivity index (χ0v) is 20.0. The molecule has 5 rings (SSSR count). The van der Waals surface area contributed by atoms with Crippen LogP contribution >= 0.6 is 33.5 Å². The van der Waals surface area contributed by atoms with E-state index in [9.17, 15) is 0 Å². The zero-order valence-electron chi connectivity index (χ0n) is 17.0. The van der Waals surface area contributed by atoms with Crippen LogP contribution in [0.3, 0.4) is 0 Å². The van der Waals surface area contributed by atoms with E-state index in [4.69, 9.17) is 4.74 Å². The molecule has 150 valence electrons. The Bertz CT molecular complexity index is 1150. The van der Waals surface area contributed by atoms with E-state index >= 15 is 0 Å². The van der Waals surface area contributed by atoms with E-state index in [0.29, 0.717) is 0 Å². The first-order valence-electron chi connectivity index (χ1n) is 10.1. The maximum Gasteiger partial charge on any atom is 0.128 e. The van der Waals surface area contributed by atoms with Gasteiger partial charge in [0.25, 0.3) is 0 Å². The fourth-order valence-corrected chi connectivity index (χ4v) is 7.03. The maximum absolute atomic E-state index is 6.39. The van der Waals surface area contributed by atoms with Gasteiger partial charge in [0.1, 0.15) is 11.4 Å². The minimum Gasteiger partial charge on any atom is -0.483 e. The van der Waals surface area contributed by atoms with Crippen molar-refractivity contribution < 1.29 is 4.74 Å². The van der Waals surface area contributed by atoms with Crippen LogP contribution in [-0.4, -0.2) is 0 Å². The van der Waals surface area contributed by atoms with E-state index in [1.54, 1.807) is 0 Å². The first kappa shape index (κ1) is 19.7. The number of fused-ring (bicyclic) bond motifs is 3. The SMILES string of the molecule is CC(C)(Oc1ccc([SH]2c3ccccc3-c3ccccc32)cc1)c1ccc(I)cc1. The summed E-state index contributed by atoms with van der Waals surface area (Å²) in [5.74, 6) is 0.901. The van der Waals surface area contributed by atoms with Crippen molar-refractivity contribution in [3.8, 4) is 16.9 Å². The topological polar surface area (TPSA) is 9.23 Å². The smallest absolute Gasteiger partial charge is 0.128 e. The predicted octanol–water partition coefficient (Wildman–Crippen LogP) is 8.06. The van der Waals surface area contributed by atoms with Gasteiger partial charge in [-0.25, -0.2) is 0 Å². The number of benzene rings is 4. The number of hydrogen-bond acceptors (Lipinski definition) is 1. The molecule has 1 aliphatic heterocycles. The number of rotatable bonds is 4. The van der Waals surface area contributed by atoms with E-state index in [1.807, 2.05) is 0 Å². The summed E-state index contributed by atoms with van der Waals surface area (Å²) in [6.07, 6.45) is 0.